The van der Waals surface area contributed by atoms with Crippen molar-refractivity contribution >= 4 is 34.4 Å². The van der Waals surface area contributed by atoms with Gasteiger partial charge in [0.25, 0.3) is 0 Å². The third-order valence-corrected chi connectivity index (χ3v) is 8.93. The Morgan fingerprint density at radius 3 is 2.64 bits per heavy atom. The Hall–Kier alpha value is -1.73. The second-order valence-electron chi connectivity index (χ2n) is 10.7. The van der Waals surface area contributed by atoms with Crippen LogP contribution in [0, 0.1) is 9.49 Å². The van der Waals surface area contributed by atoms with Gasteiger partial charge in [-0.25, -0.2) is 0 Å². The molecule has 0 radical (unpaired) electrons. The zero-order chi connectivity index (χ0) is 27.6. The number of para-hydroxylation sites is 1. The largest absolute Gasteiger partial charge is 0.482 e. The number of amides is 2. The van der Waals surface area contributed by atoms with Crippen LogP contribution < -0.4 is 10.1 Å². The Morgan fingerprint density at radius 1 is 1.18 bits per heavy atom. The van der Waals surface area contributed by atoms with E-state index in [1.54, 1.807) is 11.0 Å². The van der Waals surface area contributed by atoms with Gasteiger partial charge >= 0.3 is 0 Å². The van der Waals surface area contributed by atoms with E-state index in [4.69, 9.17) is 9.47 Å². The van der Waals surface area contributed by atoms with Crippen LogP contribution in [-0.2, 0) is 14.3 Å². The van der Waals surface area contributed by atoms with Gasteiger partial charge in [-0.05, 0) is 53.1 Å². The van der Waals surface area contributed by atoms with Crippen molar-refractivity contribution in [3.63, 3.8) is 0 Å². The molecule has 1 aromatic carbocycles. The Labute approximate surface area is 245 Å². The van der Waals surface area contributed by atoms with E-state index in [-0.39, 0.29) is 31.4 Å². The van der Waals surface area contributed by atoms with E-state index >= 15 is 0 Å². The summed E-state index contributed by atoms with van der Waals surface area (Å²) in [6.45, 7) is 4.07. The molecule has 3 N–H and O–H groups in total. The Bertz CT molecular complexity index is 980. The third kappa shape index (κ3) is 8.63. The van der Waals surface area contributed by atoms with Crippen molar-refractivity contribution in [2.75, 3.05) is 52.5 Å². The van der Waals surface area contributed by atoms with Crippen molar-refractivity contribution in [1.29, 1.82) is 0 Å². The maximum Gasteiger partial charge on any atom is 0.247 e. The number of nitrogens with zero attached hydrogens (tertiary/aromatic N) is 2. The van der Waals surface area contributed by atoms with Crippen LogP contribution in [0.4, 0.5) is 0 Å². The van der Waals surface area contributed by atoms with Gasteiger partial charge in [0.05, 0.1) is 29.4 Å². The van der Waals surface area contributed by atoms with Gasteiger partial charge in [-0.3, -0.25) is 14.5 Å². The summed E-state index contributed by atoms with van der Waals surface area (Å²) in [5.41, 5.74) is 0.453. The van der Waals surface area contributed by atoms with Crippen LogP contribution in [-0.4, -0.2) is 103 Å². The van der Waals surface area contributed by atoms with Gasteiger partial charge in [-0.2, -0.15) is 0 Å². The monoisotopic (exact) mass is 655 g/mol. The van der Waals surface area contributed by atoms with Gasteiger partial charge in [0, 0.05) is 51.1 Å². The van der Waals surface area contributed by atoms with Crippen molar-refractivity contribution in [3.8, 4) is 5.75 Å². The SMILES string of the molecule is O=C(NCCO)C1=C[C@H](Oc2ccccc2I)[C@@H](O)[C@H](N(CCN2CCOCC2)C(=O)CCC2CCCC2)C1. The molecule has 4 rings (SSSR count). The maximum absolute atomic E-state index is 13.8. The molecular weight excluding hydrogens is 613 g/mol. The Kier molecular flexibility index (Phi) is 11.9. The quantitative estimate of drug-likeness (QED) is 0.297. The van der Waals surface area contributed by atoms with Crippen LogP contribution in [0.5, 0.6) is 5.75 Å². The summed E-state index contributed by atoms with van der Waals surface area (Å²) in [5, 5.41) is 23.6. The molecule has 3 atom stereocenters. The number of hydrogen-bond acceptors (Lipinski definition) is 7. The number of aliphatic hydroxyl groups is 2. The van der Waals surface area contributed by atoms with E-state index < -0.39 is 18.2 Å². The molecule has 2 amide bonds. The zero-order valence-electron chi connectivity index (χ0n) is 22.6. The molecule has 0 unspecified atom stereocenters. The first kappa shape index (κ1) is 30.2. The van der Waals surface area contributed by atoms with Crippen LogP contribution in [0.1, 0.15) is 44.9 Å². The van der Waals surface area contributed by atoms with E-state index in [9.17, 15) is 19.8 Å². The van der Waals surface area contributed by atoms with Crippen LogP contribution in [0.25, 0.3) is 0 Å². The maximum atomic E-state index is 13.8. The third-order valence-electron chi connectivity index (χ3n) is 8.04. The molecule has 1 aliphatic heterocycles. The molecule has 3 aliphatic rings. The number of carbonyl (C=O) groups is 2. The molecule has 0 bridgehead atoms. The smallest absolute Gasteiger partial charge is 0.247 e. The molecule has 216 valence electrons. The van der Waals surface area contributed by atoms with E-state index in [1.807, 2.05) is 24.3 Å². The molecule has 0 spiro atoms. The van der Waals surface area contributed by atoms with Crippen molar-refractivity contribution in [2.45, 2.75) is 63.2 Å². The highest BCUT2D eigenvalue weighted by Gasteiger charge is 2.40. The number of halogens is 1. The fourth-order valence-electron chi connectivity index (χ4n) is 5.79. The number of nitrogens with one attached hydrogen (secondary N) is 1. The molecule has 9 nitrogen and oxygen atoms in total. The van der Waals surface area contributed by atoms with Crippen molar-refractivity contribution in [2.24, 2.45) is 5.92 Å². The van der Waals surface area contributed by atoms with Crippen molar-refractivity contribution in [1.82, 2.24) is 15.1 Å². The lowest BCUT2D eigenvalue weighted by atomic mass is 9.87. The van der Waals surface area contributed by atoms with Gasteiger partial charge in [0.15, 0.2) is 0 Å². The van der Waals surface area contributed by atoms with Crippen LogP contribution in [0.2, 0.25) is 0 Å². The van der Waals surface area contributed by atoms with Gasteiger partial charge in [0.2, 0.25) is 11.8 Å². The van der Waals surface area contributed by atoms with E-state index in [1.165, 1.54) is 25.7 Å². The molecule has 1 saturated heterocycles. The predicted molar refractivity (Wildman–Crippen MR) is 156 cm³/mol. The van der Waals surface area contributed by atoms with Crippen molar-refractivity contribution in [3.05, 3.63) is 39.5 Å². The minimum atomic E-state index is -1.00. The molecule has 39 heavy (non-hydrogen) atoms. The number of carbonyl (C=O) groups excluding carboxylic acids is 2. The fourth-order valence-corrected chi connectivity index (χ4v) is 6.30. The van der Waals surface area contributed by atoms with Crippen LogP contribution in [0.15, 0.2) is 35.9 Å². The first-order valence-corrected chi connectivity index (χ1v) is 15.3. The normalized spacial score (nSPS) is 24.3. The second-order valence-corrected chi connectivity index (χ2v) is 11.8. The predicted octanol–water partition coefficient (Wildman–Crippen LogP) is 2.34. The lowest BCUT2D eigenvalue weighted by molar-refractivity contribution is -0.139. The molecule has 2 fully saturated rings. The zero-order valence-corrected chi connectivity index (χ0v) is 24.8. The average Bonchev–Trinajstić information content (AvgIpc) is 3.48. The standard InChI is InChI=1S/C29H42IN3O6/c30-23-7-3-4-8-25(23)39-26-20-22(29(37)31-11-16-34)19-24(28(26)36)33(13-12-32-14-17-38-18-15-32)27(35)10-9-21-5-1-2-6-21/h3-4,7-8,20-21,24,26,28,34,36H,1-2,5-6,9-19H2,(H,31,37)/t24-,26+,28+/m1/s1. The van der Waals surface area contributed by atoms with E-state index in [0.717, 1.165) is 23.1 Å². The number of morpholine rings is 1. The van der Waals surface area contributed by atoms with Crippen molar-refractivity contribution < 1.29 is 29.3 Å². The summed E-state index contributed by atoms with van der Waals surface area (Å²) in [5.74, 6) is 0.900. The summed E-state index contributed by atoms with van der Waals surface area (Å²) in [6.07, 6.45) is 6.20. The molecule has 0 aromatic heterocycles. The molecule has 2 aliphatic carbocycles. The van der Waals surface area contributed by atoms with E-state index in [0.29, 0.717) is 50.0 Å². The van der Waals surface area contributed by atoms with Gasteiger partial charge < -0.3 is 29.9 Å². The minimum absolute atomic E-state index is 0.0178. The Balaban J connectivity index is 1.56. The summed E-state index contributed by atoms with van der Waals surface area (Å²) in [4.78, 5) is 30.9. The first-order valence-electron chi connectivity index (χ1n) is 14.2. The fraction of sp³-hybridized carbons (Fsp3) is 0.655. The van der Waals surface area contributed by atoms with Crippen LogP contribution >= 0.6 is 22.6 Å². The summed E-state index contributed by atoms with van der Waals surface area (Å²) < 4.78 is 12.6. The highest BCUT2D eigenvalue weighted by molar-refractivity contribution is 14.1. The number of aliphatic hydroxyl groups excluding tert-OH is 2. The highest BCUT2D eigenvalue weighted by atomic mass is 127. The lowest BCUT2D eigenvalue weighted by Crippen LogP contribution is -2.56. The molecular formula is C29H42IN3O6. The highest BCUT2D eigenvalue weighted by Crippen LogP contribution is 2.32. The summed E-state index contributed by atoms with van der Waals surface area (Å²) >= 11 is 2.18. The average molecular weight is 656 g/mol. The topological polar surface area (TPSA) is 112 Å². The van der Waals surface area contributed by atoms with Gasteiger partial charge in [-0.1, -0.05) is 37.8 Å². The van der Waals surface area contributed by atoms with Gasteiger partial charge in [0.1, 0.15) is 18.0 Å². The molecule has 10 heteroatoms. The number of hydrogen-bond donors (Lipinski definition) is 3. The van der Waals surface area contributed by atoms with Gasteiger partial charge in [-0.15, -0.1) is 0 Å². The lowest BCUT2D eigenvalue weighted by Gasteiger charge is -2.41. The number of ether oxygens (including phenoxy) is 2. The number of benzene rings is 1. The second kappa shape index (κ2) is 15.3. The number of rotatable bonds is 12. The first-order chi connectivity index (χ1) is 19.0. The molecule has 1 aromatic rings. The minimum Gasteiger partial charge on any atom is -0.482 e. The Morgan fingerprint density at radius 2 is 1.92 bits per heavy atom. The molecule has 1 heterocycles. The van der Waals surface area contributed by atoms with E-state index in [2.05, 4.69) is 32.8 Å². The molecule has 1 saturated carbocycles. The summed E-state index contributed by atoms with van der Waals surface area (Å²) in [6, 6.07) is 6.93. The summed E-state index contributed by atoms with van der Waals surface area (Å²) in [7, 11) is 0. The van der Waals surface area contributed by atoms with Crippen LogP contribution in [0.3, 0.4) is 0 Å².